The number of ether oxygens (including phenoxy) is 3. The number of allylic oxidation sites excluding steroid dienone is 1. The summed E-state index contributed by atoms with van der Waals surface area (Å²) in [4.78, 5) is 43.0. The van der Waals surface area contributed by atoms with Crippen LogP contribution in [0.2, 0.25) is 0 Å². The maximum atomic E-state index is 13.0. The van der Waals surface area contributed by atoms with Crippen molar-refractivity contribution in [2.75, 3.05) is 5.75 Å². The van der Waals surface area contributed by atoms with Crippen LogP contribution in [-0.4, -0.2) is 57.5 Å². The Hall–Kier alpha value is -2.85. The Balaban J connectivity index is 1.45. The molecule has 0 aromatic carbocycles. The first-order valence-corrected chi connectivity index (χ1v) is 12.1. The second-order valence-electron chi connectivity index (χ2n) is 8.15. The van der Waals surface area contributed by atoms with Gasteiger partial charge in [-0.15, -0.1) is 11.8 Å². The first-order valence-electron chi connectivity index (χ1n) is 11.0. The molecule has 2 aliphatic heterocycles. The lowest BCUT2D eigenvalue weighted by atomic mass is 9.98. The number of nitrogens with two attached hydrogens (primary N) is 1. The van der Waals surface area contributed by atoms with Crippen molar-refractivity contribution in [3.63, 3.8) is 0 Å². The molecule has 3 aliphatic rings. The largest absolute Gasteiger partial charge is 0.511 e. The fourth-order valence-electron chi connectivity index (χ4n) is 4.04. The number of carbonyl (C=O) groups excluding carboxylic acids is 3. The molecule has 10 heteroatoms. The lowest BCUT2D eigenvalue weighted by molar-refractivity contribution is -0.169. The van der Waals surface area contributed by atoms with E-state index in [9.17, 15) is 14.4 Å². The molecule has 1 amide bonds. The number of carbonyl (C=O) groups is 3. The van der Waals surface area contributed by atoms with Gasteiger partial charge in [0.15, 0.2) is 0 Å². The minimum atomic E-state index is -1.18. The highest BCUT2D eigenvalue weighted by molar-refractivity contribution is 8.00. The van der Waals surface area contributed by atoms with Crippen LogP contribution in [0.25, 0.3) is 6.08 Å². The van der Waals surface area contributed by atoms with E-state index in [2.05, 4.69) is 4.98 Å². The Morgan fingerprint density at radius 2 is 2.03 bits per heavy atom. The number of esters is 1. The van der Waals surface area contributed by atoms with E-state index in [0.29, 0.717) is 11.3 Å². The summed E-state index contributed by atoms with van der Waals surface area (Å²) in [6.45, 7) is 1.43. The summed E-state index contributed by atoms with van der Waals surface area (Å²) >= 11 is 1.48. The van der Waals surface area contributed by atoms with Crippen molar-refractivity contribution in [3.05, 3.63) is 47.4 Å². The van der Waals surface area contributed by atoms with Crippen molar-refractivity contribution in [2.45, 2.75) is 62.8 Å². The Morgan fingerprint density at radius 1 is 1.24 bits per heavy atom. The van der Waals surface area contributed by atoms with Crippen LogP contribution in [-0.2, 0) is 23.8 Å². The highest BCUT2D eigenvalue weighted by Crippen LogP contribution is 2.40. The zero-order valence-electron chi connectivity index (χ0n) is 18.3. The third-order valence-electron chi connectivity index (χ3n) is 5.74. The molecule has 0 bridgehead atoms. The predicted molar refractivity (Wildman–Crippen MR) is 121 cm³/mol. The van der Waals surface area contributed by atoms with Crippen LogP contribution in [0.1, 0.15) is 44.6 Å². The summed E-state index contributed by atoms with van der Waals surface area (Å²) in [6.07, 6.45) is 9.47. The highest BCUT2D eigenvalue weighted by Gasteiger charge is 2.52. The van der Waals surface area contributed by atoms with Crippen molar-refractivity contribution in [1.29, 1.82) is 0 Å². The molecular formula is C23H27N3O6S. The molecule has 1 aromatic heterocycles. The highest BCUT2D eigenvalue weighted by atomic mass is 32.2. The van der Waals surface area contributed by atoms with E-state index in [0.717, 1.165) is 37.7 Å². The molecule has 9 nitrogen and oxygen atoms in total. The van der Waals surface area contributed by atoms with E-state index in [1.165, 1.54) is 23.6 Å². The summed E-state index contributed by atoms with van der Waals surface area (Å²) < 4.78 is 15.8. The van der Waals surface area contributed by atoms with Gasteiger partial charge in [0.05, 0.1) is 0 Å². The average Bonchev–Trinajstić information content (AvgIpc) is 2.82. The van der Waals surface area contributed by atoms with Gasteiger partial charge in [-0.1, -0.05) is 24.6 Å². The molecule has 4 rings (SSSR count). The number of pyridine rings is 1. The quantitative estimate of drug-likeness (QED) is 0.377. The first-order chi connectivity index (χ1) is 15.9. The number of nitrogens with zero attached hydrogens (tertiary/aromatic N) is 2. The molecule has 2 fully saturated rings. The molecule has 1 saturated carbocycles. The van der Waals surface area contributed by atoms with Crippen LogP contribution in [0.5, 0.6) is 0 Å². The minimum absolute atomic E-state index is 0.113. The summed E-state index contributed by atoms with van der Waals surface area (Å²) in [5, 5.41) is -0.330. The molecule has 176 valence electrons. The third kappa shape index (κ3) is 5.39. The van der Waals surface area contributed by atoms with Gasteiger partial charge in [0.25, 0.3) is 0 Å². The molecule has 2 N–H and O–H groups in total. The molecule has 0 radical (unpaired) electrons. The van der Waals surface area contributed by atoms with Crippen molar-refractivity contribution < 1.29 is 28.6 Å². The van der Waals surface area contributed by atoms with Gasteiger partial charge in [-0.25, -0.2) is 9.59 Å². The molecule has 3 heterocycles. The summed E-state index contributed by atoms with van der Waals surface area (Å²) in [5.41, 5.74) is 7.48. The van der Waals surface area contributed by atoms with Gasteiger partial charge in [0.1, 0.15) is 23.2 Å². The maximum Gasteiger partial charge on any atom is 0.511 e. The van der Waals surface area contributed by atoms with Crippen LogP contribution < -0.4 is 5.73 Å². The van der Waals surface area contributed by atoms with E-state index in [4.69, 9.17) is 19.9 Å². The van der Waals surface area contributed by atoms with Gasteiger partial charge in [-0.2, -0.15) is 0 Å². The van der Waals surface area contributed by atoms with E-state index in [1.54, 1.807) is 24.5 Å². The fraction of sp³-hybridized carbons (Fsp3) is 0.478. The molecule has 1 saturated heterocycles. The fourth-order valence-corrected chi connectivity index (χ4v) is 5.31. The molecular weight excluding hydrogens is 446 g/mol. The number of fused-ring (bicyclic) bond motifs is 1. The first kappa shape index (κ1) is 23.3. The Bertz CT molecular complexity index is 960. The number of hydrogen-bond acceptors (Lipinski definition) is 9. The summed E-state index contributed by atoms with van der Waals surface area (Å²) in [7, 11) is 0. The van der Waals surface area contributed by atoms with Crippen LogP contribution in [0.3, 0.4) is 0 Å². The third-order valence-corrected chi connectivity index (χ3v) is 7.07. The number of rotatable bonds is 6. The Kier molecular flexibility index (Phi) is 7.34. The number of hydrogen-bond donors (Lipinski definition) is 1. The monoisotopic (exact) mass is 473 g/mol. The lowest BCUT2D eigenvalue weighted by Crippen LogP contribution is -2.68. The Labute approximate surface area is 196 Å². The zero-order valence-corrected chi connectivity index (χ0v) is 19.2. The maximum absolute atomic E-state index is 13.0. The van der Waals surface area contributed by atoms with Gasteiger partial charge in [0, 0.05) is 25.1 Å². The van der Waals surface area contributed by atoms with Gasteiger partial charge in [0.2, 0.25) is 12.2 Å². The topological polar surface area (TPSA) is 121 Å². The number of β-lactam (4-membered cyclic amide) rings is 1. The second kappa shape index (κ2) is 10.4. The van der Waals surface area contributed by atoms with Crippen molar-refractivity contribution in [2.24, 2.45) is 5.73 Å². The molecule has 3 atom stereocenters. The van der Waals surface area contributed by atoms with Gasteiger partial charge in [-0.3, -0.25) is 14.7 Å². The van der Waals surface area contributed by atoms with Crippen LogP contribution in [0.15, 0.2) is 41.9 Å². The molecule has 0 spiro atoms. The summed E-state index contributed by atoms with van der Waals surface area (Å²) in [6, 6.07) is 3.01. The van der Waals surface area contributed by atoms with Crippen molar-refractivity contribution >= 4 is 35.9 Å². The number of aromatic nitrogens is 1. The van der Waals surface area contributed by atoms with E-state index in [-0.39, 0.29) is 23.1 Å². The van der Waals surface area contributed by atoms with Gasteiger partial charge < -0.3 is 19.9 Å². The van der Waals surface area contributed by atoms with E-state index in [1.807, 2.05) is 12.1 Å². The Morgan fingerprint density at radius 3 is 2.76 bits per heavy atom. The van der Waals surface area contributed by atoms with E-state index < -0.39 is 24.5 Å². The van der Waals surface area contributed by atoms with Crippen molar-refractivity contribution in [1.82, 2.24) is 9.88 Å². The normalized spacial score (nSPS) is 24.2. The standard InChI is InChI=1S/C23H27N3O6S/c1-14(31-23(29)32-17-7-3-2-4-8-17)30-22(28)19-16(10-9-15-6-5-11-25-12-15)13-33-21-18(24)20(27)26(19)21/h5-6,9-12,14,17-18,21H,2-4,7-8,13,24H2,1H3/b10-9-/t14?,18-,21+/m1/s1. The van der Waals surface area contributed by atoms with Crippen molar-refractivity contribution in [3.8, 4) is 0 Å². The zero-order chi connectivity index (χ0) is 23.4. The number of amides is 1. The number of thioether (sulfide) groups is 1. The average molecular weight is 474 g/mol. The molecule has 1 unspecified atom stereocenters. The lowest BCUT2D eigenvalue weighted by Gasteiger charge is -2.48. The van der Waals surface area contributed by atoms with Crippen LogP contribution in [0.4, 0.5) is 4.79 Å². The van der Waals surface area contributed by atoms with Gasteiger partial charge in [-0.05, 0) is 42.9 Å². The SMILES string of the molecule is CC(OC(=O)OC1CCCCC1)OC(=O)C1=C(/C=C\c2cccnc2)CS[C@H]2[C@H](N)C(=O)N12. The molecule has 1 aliphatic carbocycles. The molecule has 33 heavy (non-hydrogen) atoms. The van der Waals surface area contributed by atoms with Gasteiger partial charge >= 0.3 is 12.1 Å². The van der Waals surface area contributed by atoms with E-state index >= 15 is 0 Å². The van der Waals surface area contributed by atoms with Crippen LogP contribution in [0, 0.1) is 0 Å². The predicted octanol–water partition coefficient (Wildman–Crippen LogP) is 2.97. The summed E-state index contributed by atoms with van der Waals surface area (Å²) in [5.74, 6) is -0.636. The van der Waals surface area contributed by atoms with Crippen LogP contribution >= 0.6 is 11.8 Å². The second-order valence-corrected chi connectivity index (χ2v) is 9.25. The minimum Gasteiger partial charge on any atom is -0.431 e. The molecule has 1 aromatic rings. The smallest absolute Gasteiger partial charge is 0.431 e.